The summed E-state index contributed by atoms with van der Waals surface area (Å²) < 4.78 is 11.1. The van der Waals surface area contributed by atoms with Gasteiger partial charge in [-0.1, -0.05) is 28.5 Å². The van der Waals surface area contributed by atoms with E-state index in [1.807, 2.05) is 0 Å². The maximum Gasteiger partial charge on any atom is 0.512 e. The van der Waals surface area contributed by atoms with Crippen molar-refractivity contribution in [1.29, 1.82) is 0 Å². The number of esters is 1. The van der Waals surface area contributed by atoms with Gasteiger partial charge >= 0.3 is 12.1 Å². The van der Waals surface area contributed by atoms with Crippen LogP contribution in [0.4, 0.5) is 9.93 Å². The second-order valence-electron chi connectivity index (χ2n) is 9.21. The number of carbonyl (C=O) groups excluding carboxylic acids is 3. The maximum atomic E-state index is 13.2. The standard InChI is InChI=1S/C26H23ClN6O8S4/c1-11-16(7-17(34)40-14-5-3-13(27)4-6-14)45-25(29-11)44-9-12-8-42-23-19(21(36)33(23)22(12)41-26(37)38)31-20(35)18(32-39-2)15-10-43-24(28)30-15/h3-6,10,19,23H,7-9H2,1-2H3,(H2,28,30)(H,31,35)(H,37,38)/t19-,23+/m1/s1. The summed E-state index contributed by atoms with van der Waals surface area (Å²) in [5, 5.41) is 17.4. The Labute approximate surface area is 277 Å². The number of β-lactam (4-membered cyclic amide) rings is 1. The number of nitrogens with two attached hydrogens (primary N) is 1. The van der Waals surface area contributed by atoms with E-state index in [2.05, 4.69) is 20.4 Å². The number of oxime groups is 1. The minimum atomic E-state index is -1.58. The molecule has 1 saturated heterocycles. The van der Waals surface area contributed by atoms with E-state index in [1.54, 1.807) is 31.2 Å². The number of nitrogens with zero attached hydrogens (tertiary/aromatic N) is 4. The van der Waals surface area contributed by atoms with Crippen LogP contribution in [0.5, 0.6) is 5.75 Å². The molecule has 0 saturated carbocycles. The molecule has 0 spiro atoms. The van der Waals surface area contributed by atoms with Crippen LogP contribution < -0.4 is 15.8 Å². The van der Waals surface area contributed by atoms with Crippen molar-refractivity contribution in [3.8, 4) is 5.75 Å². The number of benzene rings is 1. The number of rotatable bonds is 11. The number of thioether (sulfide) groups is 2. The van der Waals surface area contributed by atoms with Crippen LogP contribution in [-0.2, 0) is 30.4 Å². The average molecular weight is 711 g/mol. The van der Waals surface area contributed by atoms with Gasteiger partial charge in [0.2, 0.25) is 5.88 Å². The zero-order chi connectivity index (χ0) is 32.2. The Morgan fingerprint density at radius 3 is 2.67 bits per heavy atom. The molecule has 2 aliphatic rings. The van der Waals surface area contributed by atoms with Gasteiger partial charge in [-0.05, 0) is 31.2 Å². The molecule has 3 aromatic rings. The minimum Gasteiger partial charge on any atom is -0.449 e. The van der Waals surface area contributed by atoms with Crippen molar-refractivity contribution in [2.75, 3.05) is 24.3 Å². The normalized spacial score (nSPS) is 17.8. The van der Waals surface area contributed by atoms with E-state index < -0.39 is 35.4 Å². The number of hydrogen-bond acceptors (Lipinski definition) is 15. The molecule has 0 unspecified atom stereocenters. The van der Waals surface area contributed by atoms with Gasteiger partial charge in [0.15, 0.2) is 15.2 Å². The number of aryl methyl sites for hydroxylation is 1. The highest BCUT2D eigenvalue weighted by Gasteiger charge is 2.54. The van der Waals surface area contributed by atoms with Crippen LogP contribution in [0, 0.1) is 6.92 Å². The van der Waals surface area contributed by atoms with Crippen LogP contribution in [0.3, 0.4) is 0 Å². The monoisotopic (exact) mass is 710 g/mol. The van der Waals surface area contributed by atoms with E-state index in [0.29, 0.717) is 32.1 Å². The van der Waals surface area contributed by atoms with E-state index in [-0.39, 0.29) is 34.6 Å². The van der Waals surface area contributed by atoms with Gasteiger partial charge in [0.1, 0.15) is 30.0 Å². The molecule has 19 heteroatoms. The van der Waals surface area contributed by atoms with Gasteiger partial charge in [0.25, 0.3) is 11.8 Å². The van der Waals surface area contributed by atoms with Crippen LogP contribution in [-0.4, -0.2) is 79.7 Å². The molecule has 1 fully saturated rings. The predicted molar refractivity (Wildman–Crippen MR) is 170 cm³/mol. The Morgan fingerprint density at radius 1 is 1.24 bits per heavy atom. The molecule has 4 heterocycles. The highest BCUT2D eigenvalue weighted by molar-refractivity contribution is 8.01. The number of carbonyl (C=O) groups is 4. The number of aromatic nitrogens is 2. The fraction of sp³-hybridized carbons (Fsp3) is 0.269. The lowest BCUT2D eigenvalue weighted by Gasteiger charge is -2.49. The van der Waals surface area contributed by atoms with E-state index in [0.717, 1.165) is 16.2 Å². The molecule has 236 valence electrons. The second kappa shape index (κ2) is 14.1. The van der Waals surface area contributed by atoms with Gasteiger partial charge in [-0.25, -0.2) is 14.8 Å². The number of nitrogen functional groups attached to an aromatic ring is 1. The SMILES string of the molecule is CON=C(C(=O)N[C@@H]1C(=O)N2C(OC(=O)O)=C(CSc3nc(C)c(CC(=O)Oc4ccc(Cl)cc4)s3)CS[C@@H]12)c1csc(N)n1. The lowest BCUT2D eigenvalue weighted by atomic mass is 10.1. The third-order valence-electron chi connectivity index (χ3n) is 6.22. The van der Waals surface area contributed by atoms with Crippen molar-refractivity contribution < 1.29 is 38.6 Å². The number of amides is 2. The zero-order valence-electron chi connectivity index (χ0n) is 23.3. The second-order valence-corrected chi connectivity index (χ2v) is 14.0. The first-order valence-electron chi connectivity index (χ1n) is 12.8. The van der Waals surface area contributed by atoms with Gasteiger partial charge in [-0.15, -0.1) is 34.4 Å². The summed E-state index contributed by atoms with van der Waals surface area (Å²) in [7, 11) is 1.26. The van der Waals surface area contributed by atoms with Crippen molar-refractivity contribution in [3.05, 3.63) is 62.4 Å². The highest BCUT2D eigenvalue weighted by Crippen LogP contribution is 2.42. The van der Waals surface area contributed by atoms with Crippen molar-refractivity contribution in [2.24, 2.45) is 5.16 Å². The van der Waals surface area contributed by atoms with E-state index in [9.17, 15) is 24.3 Å². The largest absolute Gasteiger partial charge is 0.512 e. The summed E-state index contributed by atoms with van der Waals surface area (Å²) in [5.74, 6) is -0.859. The number of halogens is 1. The Morgan fingerprint density at radius 2 is 2.00 bits per heavy atom. The van der Waals surface area contributed by atoms with Gasteiger partial charge in [-0.2, -0.15) is 0 Å². The fourth-order valence-corrected chi connectivity index (χ4v) is 8.53. The molecule has 2 aliphatic heterocycles. The molecule has 0 radical (unpaired) electrons. The average Bonchev–Trinajstić information content (AvgIpc) is 3.58. The smallest absolute Gasteiger partial charge is 0.449 e. The number of fused-ring (bicyclic) bond motifs is 1. The zero-order valence-corrected chi connectivity index (χ0v) is 27.4. The number of anilines is 1. The topological polar surface area (TPSA) is 196 Å². The fourth-order valence-electron chi connectivity index (χ4n) is 4.19. The molecular formula is C26H23ClN6O8S4. The van der Waals surface area contributed by atoms with Crippen molar-refractivity contribution >= 4 is 92.6 Å². The Bertz CT molecular complexity index is 1710. The lowest BCUT2D eigenvalue weighted by molar-refractivity contribution is -0.148. The van der Waals surface area contributed by atoms with Crippen LogP contribution in [0.15, 0.2) is 50.6 Å². The van der Waals surface area contributed by atoms with Crippen molar-refractivity contribution in [1.82, 2.24) is 20.2 Å². The number of carboxylic acid groups (broad SMARTS) is 1. The summed E-state index contributed by atoms with van der Waals surface area (Å²) >= 11 is 11.0. The molecule has 5 rings (SSSR count). The molecule has 2 amide bonds. The Hall–Kier alpha value is -3.84. The molecule has 45 heavy (non-hydrogen) atoms. The highest BCUT2D eigenvalue weighted by atomic mass is 35.5. The molecule has 0 aliphatic carbocycles. The van der Waals surface area contributed by atoms with Crippen LogP contribution >= 0.6 is 57.8 Å². The van der Waals surface area contributed by atoms with Crippen LogP contribution in [0.25, 0.3) is 0 Å². The lowest BCUT2D eigenvalue weighted by Crippen LogP contribution is -2.70. The summed E-state index contributed by atoms with van der Waals surface area (Å²) in [4.78, 5) is 65.5. The molecular weight excluding hydrogens is 688 g/mol. The predicted octanol–water partition coefficient (Wildman–Crippen LogP) is 3.74. The number of nitrogens with one attached hydrogen (secondary N) is 1. The molecule has 2 atom stereocenters. The first-order chi connectivity index (χ1) is 21.5. The number of thiazole rings is 2. The van der Waals surface area contributed by atoms with Crippen LogP contribution in [0.1, 0.15) is 16.3 Å². The van der Waals surface area contributed by atoms with E-state index in [1.165, 1.54) is 52.3 Å². The summed E-state index contributed by atoms with van der Waals surface area (Å²) in [6, 6.07) is 5.47. The van der Waals surface area contributed by atoms with Gasteiger partial charge in [0.05, 0.1) is 12.1 Å². The maximum absolute atomic E-state index is 13.2. The quantitative estimate of drug-likeness (QED) is 0.0651. The third-order valence-corrected chi connectivity index (χ3v) is 10.9. The van der Waals surface area contributed by atoms with Crippen LogP contribution in [0.2, 0.25) is 5.02 Å². The van der Waals surface area contributed by atoms with Crippen molar-refractivity contribution in [3.63, 3.8) is 0 Å². The first kappa shape index (κ1) is 32.6. The molecule has 1 aromatic carbocycles. The molecule has 0 bridgehead atoms. The minimum absolute atomic E-state index is 0.0162. The molecule has 14 nitrogen and oxygen atoms in total. The van der Waals surface area contributed by atoms with Crippen molar-refractivity contribution in [2.45, 2.75) is 29.1 Å². The molecule has 2 aromatic heterocycles. The van der Waals surface area contributed by atoms with Gasteiger partial charge < -0.3 is 30.5 Å². The third kappa shape index (κ3) is 7.52. The molecule has 4 N–H and O–H groups in total. The van der Waals surface area contributed by atoms with E-state index in [4.69, 9.17) is 31.6 Å². The van der Waals surface area contributed by atoms with Gasteiger partial charge in [-0.3, -0.25) is 19.3 Å². The number of hydrogen-bond donors (Lipinski definition) is 3. The Kier molecular flexibility index (Phi) is 10.2. The van der Waals surface area contributed by atoms with E-state index >= 15 is 0 Å². The first-order valence-corrected chi connectivity index (χ1v) is 16.9. The summed E-state index contributed by atoms with van der Waals surface area (Å²) in [5.41, 5.74) is 6.91. The summed E-state index contributed by atoms with van der Waals surface area (Å²) in [6.45, 7) is 1.78. The Balaban J connectivity index is 1.24. The summed E-state index contributed by atoms with van der Waals surface area (Å²) in [6.07, 6.45) is -1.57. The number of ether oxygens (including phenoxy) is 2. The van der Waals surface area contributed by atoms with Gasteiger partial charge in [0, 0.05) is 32.4 Å².